The maximum Gasteiger partial charge on any atom is 0.132 e. The molecule has 0 radical (unpaired) electrons. The first-order valence-electron chi connectivity index (χ1n) is 5.77. The minimum absolute atomic E-state index is 0.139. The van der Waals surface area contributed by atoms with Gasteiger partial charge in [0.1, 0.15) is 10.7 Å². The van der Waals surface area contributed by atoms with Crippen LogP contribution in [0.25, 0.3) is 0 Å². The minimum Gasteiger partial charge on any atom is -0.388 e. The van der Waals surface area contributed by atoms with Gasteiger partial charge in [-0.1, -0.05) is 4.49 Å². The highest BCUT2D eigenvalue weighted by atomic mass is 32.1. The monoisotopic (exact) mass is 256 g/mol. The summed E-state index contributed by atoms with van der Waals surface area (Å²) in [6.07, 6.45) is 0. The Morgan fingerprint density at radius 1 is 1.29 bits per heavy atom. The van der Waals surface area contributed by atoms with E-state index in [0.717, 1.165) is 25.3 Å². The summed E-state index contributed by atoms with van der Waals surface area (Å²) in [5.74, 6) is 0. The van der Waals surface area contributed by atoms with Gasteiger partial charge in [-0.25, -0.2) is 0 Å². The molecule has 1 aromatic rings. The number of aromatic nitrogens is 2. The molecule has 2 heterocycles. The molecule has 0 saturated carbocycles. The summed E-state index contributed by atoms with van der Waals surface area (Å²) in [6, 6.07) is 0. The predicted molar refractivity (Wildman–Crippen MR) is 68.8 cm³/mol. The van der Waals surface area contributed by atoms with Gasteiger partial charge in [-0.15, -0.1) is 5.10 Å². The summed E-state index contributed by atoms with van der Waals surface area (Å²) in [4.78, 5) is 2.33. The van der Waals surface area contributed by atoms with Crippen molar-refractivity contribution in [3.8, 4) is 0 Å². The largest absolute Gasteiger partial charge is 0.388 e. The topological polar surface area (TPSA) is 64.3 Å². The standard InChI is InChI=1S/C11H20N4OS/c1-10(2)6-15(7-11(3,4)16-10)5-8-9(12)17-14-13-8/h5-7,12H2,1-4H3. The van der Waals surface area contributed by atoms with Crippen molar-refractivity contribution in [3.63, 3.8) is 0 Å². The molecule has 6 heteroatoms. The van der Waals surface area contributed by atoms with Crippen LogP contribution >= 0.6 is 11.5 Å². The van der Waals surface area contributed by atoms with Crippen LogP contribution in [0.3, 0.4) is 0 Å². The number of nitrogens with zero attached hydrogens (tertiary/aromatic N) is 3. The van der Waals surface area contributed by atoms with Gasteiger partial charge >= 0.3 is 0 Å². The Morgan fingerprint density at radius 2 is 1.88 bits per heavy atom. The molecule has 0 amide bonds. The van der Waals surface area contributed by atoms with Crippen LogP contribution in [0.4, 0.5) is 5.00 Å². The second-order valence-corrected chi connectivity index (χ2v) is 6.64. The van der Waals surface area contributed by atoms with E-state index in [1.807, 2.05) is 0 Å². The van der Waals surface area contributed by atoms with Crippen molar-refractivity contribution in [2.24, 2.45) is 0 Å². The minimum atomic E-state index is -0.139. The average Bonchev–Trinajstić information content (AvgIpc) is 2.45. The second-order valence-electron chi connectivity index (χ2n) is 5.85. The first kappa shape index (κ1) is 12.7. The van der Waals surface area contributed by atoms with Crippen LogP contribution in [0.5, 0.6) is 0 Å². The Labute approximate surface area is 106 Å². The van der Waals surface area contributed by atoms with Gasteiger partial charge in [0.15, 0.2) is 0 Å². The molecule has 1 aliphatic rings. The predicted octanol–water partition coefficient (Wildman–Crippen LogP) is 1.51. The van der Waals surface area contributed by atoms with Gasteiger partial charge in [0.2, 0.25) is 0 Å². The van der Waals surface area contributed by atoms with Crippen LogP contribution in [0.1, 0.15) is 33.4 Å². The zero-order valence-corrected chi connectivity index (χ0v) is 11.7. The summed E-state index contributed by atoms with van der Waals surface area (Å²) in [5, 5.41) is 4.78. The first-order chi connectivity index (χ1) is 7.77. The van der Waals surface area contributed by atoms with E-state index in [9.17, 15) is 0 Å². The van der Waals surface area contributed by atoms with Crippen LogP contribution in [0.15, 0.2) is 0 Å². The highest BCUT2D eigenvalue weighted by Gasteiger charge is 2.38. The third-order valence-electron chi connectivity index (χ3n) is 2.72. The van der Waals surface area contributed by atoms with E-state index in [1.165, 1.54) is 11.5 Å². The molecular formula is C11H20N4OS. The Bertz CT molecular complexity index is 386. The first-order valence-corrected chi connectivity index (χ1v) is 6.54. The quantitative estimate of drug-likeness (QED) is 0.869. The Hall–Kier alpha value is -0.720. The van der Waals surface area contributed by atoms with E-state index >= 15 is 0 Å². The van der Waals surface area contributed by atoms with Crippen molar-refractivity contribution in [2.75, 3.05) is 18.8 Å². The lowest BCUT2D eigenvalue weighted by atomic mass is 9.99. The van der Waals surface area contributed by atoms with E-state index in [-0.39, 0.29) is 11.2 Å². The number of nitrogen functional groups attached to an aromatic ring is 1. The van der Waals surface area contributed by atoms with Crippen molar-refractivity contribution >= 4 is 16.5 Å². The third-order valence-corrected chi connectivity index (χ3v) is 3.32. The van der Waals surface area contributed by atoms with Gasteiger partial charge < -0.3 is 10.5 Å². The summed E-state index contributed by atoms with van der Waals surface area (Å²) in [6.45, 7) is 11.0. The maximum absolute atomic E-state index is 6.03. The molecule has 96 valence electrons. The number of anilines is 1. The summed E-state index contributed by atoms with van der Waals surface area (Å²) < 4.78 is 9.90. The molecule has 0 aliphatic carbocycles. The molecule has 0 bridgehead atoms. The Balaban J connectivity index is 2.09. The highest BCUT2D eigenvalue weighted by molar-refractivity contribution is 7.09. The third kappa shape index (κ3) is 3.14. The average molecular weight is 256 g/mol. The smallest absolute Gasteiger partial charge is 0.132 e. The Morgan fingerprint density at radius 3 is 2.35 bits per heavy atom. The molecule has 0 unspecified atom stereocenters. The summed E-state index contributed by atoms with van der Waals surface area (Å²) >= 11 is 1.25. The zero-order valence-electron chi connectivity index (χ0n) is 10.9. The van der Waals surface area contributed by atoms with Crippen LogP contribution in [-0.4, -0.2) is 38.8 Å². The van der Waals surface area contributed by atoms with E-state index in [2.05, 4.69) is 42.2 Å². The Kier molecular flexibility index (Phi) is 3.14. The van der Waals surface area contributed by atoms with Crippen LogP contribution < -0.4 is 5.73 Å². The van der Waals surface area contributed by atoms with Crippen molar-refractivity contribution in [1.29, 1.82) is 0 Å². The molecule has 0 spiro atoms. The van der Waals surface area contributed by atoms with E-state index in [4.69, 9.17) is 10.5 Å². The number of ether oxygens (including phenoxy) is 1. The molecule has 0 aromatic carbocycles. The van der Waals surface area contributed by atoms with Crippen molar-refractivity contribution in [1.82, 2.24) is 14.5 Å². The number of nitrogens with two attached hydrogens (primary N) is 1. The fraction of sp³-hybridized carbons (Fsp3) is 0.818. The molecule has 1 fully saturated rings. The normalized spacial score (nSPS) is 23.8. The van der Waals surface area contributed by atoms with Gasteiger partial charge in [-0.3, -0.25) is 4.90 Å². The molecule has 0 atom stereocenters. The van der Waals surface area contributed by atoms with Gasteiger partial charge in [-0.2, -0.15) is 0 Å². The zero-order chi connectivity index (χ0) is 12.7. The lowest BCUT2D eigenvalue weighted by molar-refractivity contribution is -0.182. The molecule has 2 rings (SSSR count). The highest BCUT2D eigenvalue weighted by Crippen LogP contribution is 2.29. The van der Waals surface area contributed by atoms with E-state index in [1.54, 1.807) is 0 Å². The number of rotatable bonds is 2. The molecule has 17 heavy (non-hydrogen) atoms. The summed E-state index contributed by atoms with van der Waals surface area (Å²) in [5.41, 5.74) is 6.43. The SMILES string of the molecule is CC1(C)CN(Cc2nnsc2N)CC(C)(C)O1. The molecular weight excluding hydrogens is 236 g/mol. The lowest BCUT2D eigenvalue weighted by Crippen LogP contribution is -2.56. The maximum atomic E-state index is 6.03. The van der Waals surface area contributed by atoms with Crippen LogP contribution in [-0.2, 0) is 11.3 Å². The van der Waals surface area contributed by atoms with E-state index in [0.29, 0.717) is 5.00 Å². The van der Waals surface area contributed by atoms with Crippen LogP contribution in [0.2, 0.25) is 0 Å². The lowest BCUT2D eigenvalue weighted by Gasteiger charge is -2.47. The van der Waals surface area contributed by atoms with Crippen LogP contribution in [0, 0.1) is 0 Å². The van der Waals surface area contributed by atoms with Gasteiger partial charge in [0, 0.05) is 31.2 Å². The number of morpholine rings is 1. The molecule has 2 N–H and O–H groups in total. The van der Waals surface area contributed by atoms with Gasteiger partial charge in [0.05, 0.1) is 11.2 Å². The van der Waals surface area contributed by atoms with Gasteiger partial charge in [-0.05, 0) is 27.7 Å². The number of hydrogen-bond donors (Lipinski definition) is 1. The summed E-state index contributed by atoms with van der Waals surface area (Å²) in [7, 11) is 0. The van der Waals surface area contributed by atoms with Gasteiger partial charge in [0.25, 0.3) is 0 Å². The number of hydrogen-bond acceptors (Lipinski definition) is 6. The van der Waals surface area contributed by atoms with E-state index < -0.39 is 0 Å². The fourth-order valence-corrected chi connectivity index (χ4v) is 3.03. The molecule has 5 nitrogen and oxygen atoms in total. The van der Waals surface area contributed by atoms with Crippen molar-refractivity contribution in [3.05, 3.63) is 5.69 Å². The fourth-order valence-electron chi connectivity index (χ4n) is 2.59. The van der Waals surface area contributed by atoms with Crippen molar-refractivity contribution < 1.29 is 4.74 Å². The molecule has 1 saturated heterocycles. The second kappa shape index (κ2) is 4.19. The molecule has 1 aromatic heterocycles. The van der Waals surface area contributed by atoms with Crippen molar-refractivity contribution in [2.45, 2.75) is 45.4 Å². The molecule has 1 aliphatic heterocycles.